The van der Waals surface area contributed by atoms with E-state index in [0.717, 1.165) is 35.3 Å². The van der Waals surface area contributed by atoms with Crippen LogP contribution in [0.5, 0.6) is 0 Å². The van der Waals surface area contributed by atoms with Crippen molar-refractivity contribution in [3.05, 3.63) is 52.9 Å². The Bertz CT molecular complexity index is 671. The lowest BCUT2D eigenvalue weighted by molar-refractivity contribution is -0.105. The molecule has 96 valence electrons. The monoisotopic (exact) mass is 272 g/mol. The third-order valence-electron chi connectivity index (χ3n) is 3.43. The number of halogens is 1. The van der Waals surface area contributed by atoms with Gasteiger partial charge < -0.3 is 0 Å². The first-order valence-electron chi connectivity index (χ1n) is 6.20. The zero-order valence-corrected chi connectivity index (χ0v) is 11.3. The molecule has 1 aliphatic carbocycles. The number of para-hydroxylation sites is 1. The number of aryl methyl sites for hydroxylation is 1. The van der Waals surface area contributed by atoms with Crippen molar-refractivity contribution in [1.82, 2.24) is 9.78 Å². The number of rotatable bonds is 2. The van der Waals surface area contributed by atoms with Gasteiger partial charge in [-0.2, -0.15) is 5.10 Å². The van der Waals surface area contributed by atoms with Crippen LogP contribution < -0.4 is 0 Å². The quantitative estimate of drug-likeness (QED) is 0.787. The predicted octanol–water partition coefficient (Wildman–Crippen LogP) is 3.28. The van der Waals surface area contributed by atoms with Crippen molar-refractivity contribution < 1.29 is 4.79 Å². The summed E-state index contributed by atoms with van der Waals surface area (Å²) in [6.07, 6.45) is 2.31. The van der Waals surface area contributed by atoms with E-state index in [2.05, 4.69) is 5.10 Å². The molecule has 0 amide bonds. The summed E-state index contributed by atoms with van der Waals surface area (Å²) in [5, 5.41) is 5.12. The van der Waals surface area contributed by atoms with Gasteiger partial charge >= 0.3 is 0 Å². The van der Waals surface area contributed by atoms with Gasteiger partial charge in [0, 0.05) is 11.1 Å². The van der Waals surface area contributed by atoms with Crippen molar-refractivity contribution in [3.8, 4) is 5.69 Å². The lowest BCUT2D eigenvalue weighted by atomic mass is 9.96. The highest BCUT2D eigenvalue weighted by molar-refractivity contribution is 6.51. The highest BCUT2D eigenvalue weighted by Crippen LogP contribution is 2.36. The van der Waals surface area contributed by atoms with Crippen LogP contribution in [0.1, 0.15) is 23.4 Å². The van der Waals surface area contributed by atoms with E-state index in [4.69, 9.17) is 11.6 Å². The molecule has 0 spiro atoms. The lowest BCUT2D eigenvalue weighted by Gasteiger charge is -2.15. The van der Waals surface area contributed by atoms with E-state index in [-0.39, 0.29) is 0 Å². The van der Waals surface area contributed by atoms with Gasteiger partial charge in [0.2, 0.25) is 0 Å². The molecule has 0 atom stereocenters. The number of aromatic nitrogens is 2. The first-order valence-corrected chi connectivity index (χ1v) is 6.58. The van der Waals surface area contributed by atoms with Gasteiger partial charge in [-0.05, 0) is 31.9 Å². The molecule has 1 heterocycles. The standard InChI is InChI=1S/C15H13ClN2O/c1-10-14-13(8-7-11(9-19)15(14)16)18(17-10)12-5-3-2-4-6-12/h2-6,9H,7-8H2,1H3. The first-order chi connectivity index (χ1) is 9.22. The van der Waals surface area contributed by atoms with Crippen molar-refractivity contribution in [2.75, 3.05) is 0 Å². The van der Waals surface area contributed by atoms with Crippen LogP contribution >= 0.6 is 11.6 Å². The minimum absolute atomic E-state index is 0.552. The molecule has 0 saturated heterocycles. The van der Waals surface area contributed by atoms with E-state index in [1.165, 1.54) is 0 Å². The number of carbonyl (C=O) groups excluding carboxylic acids is 1. The Morgan fingerprint density at radius 2 is 2.00 bits per heavy atom. The fourth-order valence-corrected chi connectivity index (χ4v) is 2.89. The summed E-state index contributed by atoms with van der Waals surface area (Å²) >= 11 is 6.31. The topological polar surface area (TPSA) is 34.9 Å². The molecule has 3 nitrogen and oxygen atoms in total. The van der Waals surface area contributed by atoms with Crippen LogP contribution in [0.3, 0.4) is 0 Å². The van der Waals surface area contributed by atoms with E-state index in [0.29, 0.717) is 17.0 Å². The van der Waals surface area contributed by atoms with E-state index in [1.807, 2.05) is 41.9 Å². The average molecular weight is 273 g/mol. The number of carbonyl (C=O) groups is 1. The molecular weight excluding hydrogens is 260 g/mol. The third-order valence-corrected chi connectivity index (χ3v) is 3.86. The summed E-state index contributed by atoms with van der Waals surface area (Å²) in [7, 11) is 0. The molecule has 2 aromatic rings. The van der Waals surface area contributed by atoms with Crippen LogP contribution in [0, 0.1) is 6.92 Å². The van der Waals surface area contributed by atoms with Crippen molar-refractivity contribution in [2.24, 2.45) is 0 Å². The van der Waals surface area contributed by atoms with E-state index in [1.54, 1.807) is 0 Å². The maximum atomic E-state index is 11.0. The van der Waals surface area contributed by atoms with Crippen LogP contribution in [-0.2, 0) is 11.2 Å². The summed E-state index contributed by atoms with van der Waals surface area (Å²) in [4.78, 5) is 11.0. The van der Waals surface area contributed by atoms with E-state index < -0.39 is 0 Å². The Hall–Kier alpha value is -1.87. The van der Waals surface area contributed by atoms with Crippen LogP contribution in [0.25, 0.3) is 10.7 Å². The van der Waals surface area contributed by atoms with Crippen LogP contribution in [0.4, 0.5) is 0 Å². The van der Waals surface area contributed by atoms with Crippen molar-refractivity contribution >= 4 is 22.9 Å². The van der Waals surface area contributed by atoms with Crippen molar-refractivity contribution in [1.29, 1.82) is 0 Å². The summed E-state index contributed by atoms with van der Waals surface area (Å²) in [5.41, 5.74) is 4.55. The normalized spacial score (nSPS) is 14.4. The minimum Gasteiger partial charge on any atom is -0.298 e. The van der Waals surface area contributed by atoms with E-state index in [9.17, 15) is 4.79 Å². The molecule has 0 N–H and O–H groups in total. The molecule has 19 heavy (non-hydrogen) atoms. The Morgan fingerprint density at radius 1 is 1.26 bits per heavy atom. The Kier molecular flexibility index (Phi) is 2.99. The minimum atomic E-state index is 0.552. The highest BCUT2D eigenvalue weighted by Gasteiger charge is 2.24. The van der Waals surface area contributed by atoms with E-state index >= 15 is 0 Å². The number of allylic oxidation sites excluding steroid dienone is 1. The molecule has 0 bridgehead atoms. The van der Waals surface area contributed by atoms with Gasteiger partial charge in [-0.3, -0.25) is 4.79 Å². The molecule has 4 heteroatoms. The molecule has 0 aliphatic heterocycles. The fraction of sp³-hybridized carbons (Fsp3) is 0.200. The maximum Gasteiger partial charge on any atom is 0.147 e. The van der Waals surface area contributed by atoms with Gasteiger partial charge in [0.05, 0.1) is 22.1 Å². The van der Waals surface area contributed by atoms with Crippen LogP contribution in [0.2, 0.25) is 0 Å². The molecule has 1 aliphatic rings. The second-order valence-electron chi connectivity index (χ2n) is 4.61. The van der Waals surface area contributed by atoms with Gasteiger partial charge in [-0.1, -0.05) is 29.8 Å². The SMILES string of the molecule is Cc1nn(-c2ccccc2)c2c1C(Cl)=C(C=O)CC2. The number of benzene rings is 1. The summed E-state index contributed by atoms with van der Waals surface area (Å²) in [5.74, 6) is 0. The zero-order chi connectivity index (χ0) is 13.4. The molecule has 1 aromatic heterocycles. The smallest absolute Gasteiger partial charge is 0.147 e. The molecule has 0 radical (unpaired) electrons. The molecule has 1 aromatic carbocycles. The number of aldehydes is 1. The molecule has 0 fully saturated rings. The van der Waals surface area contributed by atoms with Gasteiger partial charge in [-0.15, -0.1) is 0 Å². The Morgan fingerprint density at radius 3 is 2.68 bits per heavy atom. The van der Waals surface area contributed by atoms with Gasteiger partial charge in [0.15, 0.2) is 0 Å². The Labute approximate surface area is 116 Å². The second-order valence-corrected chi connectivity index (χ2v) is 4.99. The van der Waals surface area contributed by atoms with Gasteiger partial charge in [0.25, 0.3) is 0 Å². The van der Waals surface area contributed by atoms with Crippen LogP contribution in [0.15, 0.2) is 35.9 Å². The lowest BCUT2D eigenvalue weighted by Crippen LogP contribution is -2.08. The Balaban J connectivity index is 2.21. The van der Waals surface area contributed by atoms with Crippen LogP contribution in [-0.4, -0.2) is 16.1 Å². The third kappa shape index (κ3) is 1.90. The molecule has 0 unspecified atom stereocenters. The summed E-state index contributed by atoms with van der Waals surface area (Å²) < 4.78 is 1.93. The number of hydrogen-bond acceptors (Lipinski definition) is 2. The maximum absolute atomic E-state index is 11.0. The van der Waals surface area contributed by atoms with Crippen molar-refractivity contribution in [2.45, 2.75) is 19.8 Å². The predicted molar refractivity (Wildman–Crippen MR) is 75.5 cm³/mol. The summed E-state index contributed by atoms with van der Waals surface area (Å²) in [6.45, 7) is 1.92. The number of nitrogens with zero attached hydrogens (tertiary/aromatic N) is 2. The molecule has 3 rings (SSSR count). The average Bonchev–Trinajstić information content (AvgIpc) is 2.78. The fourth-order valence-electron chi connectivity index (χ4n) is 2.51. The van der Waals surface area contributed by atoms with Gasteiger partial charge in [0.1, 0.15) is 6.29 Å². The second kappa shape index (κ2) is 4.67. The largest absolute Gasteiger partial charge is 0.298 e. The summed E-state index contributed by atoms with van der Waals surface area (Å²) in [6, 6.07) is 9.97. The first kappa shape index (κ1) is 12.2. The van der Waals surface area contributed by atoms with Crippen molar-refractivity contribution in [3.63, 3.8) is 0 Å². The molecular formula is C15H13ClN2O. The zero-order valence-electron chi connectivity index (χ0n) is 10.6. The highest BCUT2D eigenvalue weighted by atomic mass is 35.5. The number of fused-ring (bicyclic) bond motifs is 1. The molecule has 0 saturated carbocycles. The van der Waals surface area contributed by atoms with Gasteiger partial charge in [-0.25, -0.2) is 4.68 Å². The number of hydrogen-bond donors (Lipinski definition) is 0.